The van der Waals surface area contributed by atoms with E-state index in [4.69, 9.17) is 5.73 Å². The molecule has 0 fully saturated rings. The number of fused-ring (bicyclic) bond motifs is 1. The van der Waals surface area contributed by atoms with E-state index in [1.54, 1.807) is 0 Å². The van der Waals surface area contributed by atoms with Gasteiger partial charge in [0.1, 0.15) is 0 Å². The smallest absolute Gasteiger partial charge is 0.0474 e. The lowest BCUT2D eigenvalue weighted by atomic mass is 10.0. The van der Waals surface area contributed by atoms with Gasteiger partial charge in [0.15, 0.2) is 0 Å². The average molecular weight is 205 g/mol. The number of rotatable bonds is 2. The first-order valence-electron chi connectivity index (χ1n) is 5.34. The Morgan fingerprint density at radius 2 is 2.20 bits per heavy atom. The quantitative estimate of drug-likeness (QED) is 0.787. The van der Waals surface area contributed by atoms with Gasteiger partial charge in [-0.2, -0.15) is 0 Å². The molecular weight excluding hydrogens is 186 g/mol. The van der Waals surface area contributed by atoms with Crippen LogP contribution in [0.1, 0.15) is 17.2 Å². The van der Waals surface area contributed by atoms with E-state index in [0.717, 1.165) is 6.54 Å². The van der Waals surface area contributed by atoms with E-state index in [1.807, 2.05) is 0 Å². The maximum Gasteiger partial charge on any atom is 0.0474 e. The van der Waals surface area contributed by atoms with Gasteiger partial charge in [0.25, 0.3) is 0 Å². The zero-order chi connectivity index (χ0) is 11.0. The molecule has 0 saturated carbocycles. The fourth-order valence-corrected chi connectivity index (χ4v) is 2.24. The molecule has 0 saturated heterocycles. The van der Waals surface area contributed by atoms with Crippen LogP contribution in [0.3, 0.4) is 0 Å². The lowest BCUT2D eigenvalue weighted by Crippen LogP contribution is -2.24. The van der Waals surface area contributed by atoms with Gasteiger partial charge in [0, 0.05) is 38.9 Å². The predicted octanol–water partition coefficient (Wildman–Crippen LogP) is 1.20. The zero-order valence-electron chi connectivity index (χ0n) is 9.70. The fraction of sp³-hybridized carbons (Fsp3) is 0.500. The third-order valence-electron chi connectivity index (χ3n) is 3.18. The molecule has 1 heterocycles. The minimum Gasteiger partial charge on any atom is -0.378 e. The van der Waals surface area contributed by atoms with Crippen molar-refractivity contribution in [3.63, 3.8) is 0 Å². The average Bonchev–Trinajstić information content (AvgIpc) is 2.51. The molecule has 1 unspecified atom stereocenters. The van der Waals surface area contributed by atoms with Crippen molar-refractivity contribution in [2.24, 2.45) is 5.73 Å². The highest BCUT2D eigenvalue weighted by atomic mass is 15.2. The molecule has 2 rings (SSSR count). The molecule has 0 spiro atoms. The molecule has 0 aliphatic carbocycles. The number of hydrogen-bond acceptors (Lipinski definition) is 3. The Hall–Kier alpha value is -1.06. The first-order chi connectivity index (χ1) is 7.13. The predicted molar refractivity (Wildman–Crippen MR) is 64.0 cm³/mol. The normalized spacial score (nSPS) is 20.4. The molecule has 1 atom stereocenters. The highest BCUT2D eigenvalue weighted by Crippen LogP contribution is 2.33. The molecule has 1 aromatic rings. The van der Waals surface area contributed by atoms with Crippen LogP contribution in [0.2, 0.25) is 0 Å². The van der Waals surface area contributed by atoms with Crippen molar-refractivity contribution in [3.8, 4) is 0 Å². The van der Waals surface area contributed by atoms with Crippen LogP contribution in [0.5, 0.6) is 0 Å². The molecule has 2 N–H and O–H groups in total. The van der Waals surface area contributed by atoms with Crippen molar-refractivity contribution >= 4 is 5.69 Å². The third kappa shape index (κ3) is 1.73. The number of benzene rings is 1. The number of likely N-dealkylation sites (N-methyl/N-ethyl adjacent to an activating group) is 1. The number of nitrogens with zero attached hydrogens (tertiary/aromatic N) is 2. The Kier molecular flexibility index (Phi) is 2.67. The van der Waals surface area contributed by atoms with E-state index in [1.165, 1.54) is 16.8 Å². The van der Waals surface area contributed by atoms with Gasteiger partial charge in [0.05, 0.1) is 0 Å². The van der Waals surface area contributed by atoms with Crippen LogP contribution in [0, 0.1) is 0 Å². The van der Waals surface area contributed by atoms with Crippen LogP contribution < -0.4 is 10.6 Å². The van der Waals surface area contributed by atoms with Crippen molar-refractivity contribution in [1.29, 1.82) is 0 Å². The lowest BCUT2D eigenvalue weighted by molar-refractivity contribution is 0.274. The summed E-state index contributed by atoms with van der Waals surface area (Å²) in [5.74, 6) is 0. The van der Waals surface area contributed by atoms with Gasteiger partial charge in [-0.25, -0.2) is 0 Å². The van der Waals surface area contributed by atoms with Crippen molar-refractivity contribution in [2.75, 3.05) is 32.6 Å². The lowest BCUT2D eigenvalue weighted by Gasteiger charge is -2.19. The van der Waals surface area contributed by atoms with E-state index in [0.29, 0.717) is 12.6 Å². The monoisotopic (exact) mass is 205 g/mol. The summed E-state index contributed by atoms with van der Waals surface area (Å²) < 4.78 is 0. The van der Waals surface area contributed by atoms with Crippen LogP contribution in [0.25, 0.3) is 0 Å². The third-order valence-corrected chi connectivity index (χ3v) is 3.18. The van der Waals surface area contributed by atoms with Crippen molar-refractivity contribution < 1.29 is 0 Å². The molecule has 0 amide bonds. The molecular formula is C12H19N3. The summed E-state index contributed by atoms with van der Waals surface area (Å²) >= 11 is 0. The van der Waals surface area contributed by atoms with Crippen LogP contribution in [-0.4, -0.2) is 32.6 Å². The van der Waals surface area contributed by atoms with Gasteiger partial charge in [-0.1, -0.05) is 6.07 Å². The number of hydrogen-bond donors (Lipinski definition) is 1. The van der Waals surface area contributed by atoms with Crippen LogP contribution in [-0.2, 0) is 6.54 Å². The topological polar surface area (TPSA) is 32.5 Å². The molecule has 15 heavy (non-hydrogen) atoms. The molecule has 3 heteroatoms. The Morgan fingerprint density at radius 1 is 1.47 bits per heavy atom. The Balaban J connectivity index is 2.40. The van der Waals surface area contributed by atoms with Crippen molar-refractivity contribution in [2.45, 2.75) is 12.6 Å². The maximum absolute atomic E-state index is 5.81. The van der Waals surface area contributed by atoms with Gasteiger partial charge in [-0.15, -0.1) is 0 Å². The Bertz CT molecular complexity index is 360. The van der Waals surface area contributed by atoms with E-state index < -0.39 is 0 Å². The van der Waals surface area contributed by atoms with Crippen LogP contribution in [0.15, 0.2) is 18.2 Å². The Labute approximate surface area is 91.5 Å². The van der Waals surface area contributed by atoms with Gasteiger partial charge >= 0.3 is 0 Å². The largest absolute Gasteiger partial charge is 0.378 e. The van der Waals surface area contributed by atoms with Gasteiger partial charge < -0.3 is 10.6 Å². The van der Waals surface area contributed by atoms with Gasteiger partial charge in [-0.3, -0.25) is 4.90 Å². The van der Waals surface area contributed by atoms with Crippen molar-refractivity contribution in [3.05, 3.63) is 29.3 Å². The Morgan fingerprint density at radius 3 is 2.80 bits per heavy atom. The summed E-state index contributed by atoms with van der Waals surface area (Å²) in [6, 6.07) is 7.04. The first kappa shape index (κ1) is 10.5. The second-order valence-corrected chi connectivity index (χ2v) is 4.44. The molecule has 0 bridgehead atoms. The van der Waals surface area contributed by atoms with Crippen LogP contribution in [0.4, 0.5) is 5.69 Å². The van der Waals surface area contributed by atoms with E-state index in [2.05, 4.69) is 49.1 Å². The summed E-state index contributed by atoms with van der Waals surface area (Å²) in [5.41, 5.74) is 9.87. The number of nitrogens with two attached hydrogens (primary N) is 1. The minimum absolute atomic E-state index is 0.389. The van der Waals surface area contributed by atoms with Crippen LogP contribution >= 0.6 is 0 Å². The molecule has 1 aliphatic rings. The summed E-state index contributed by atoms with van der Waals surface area (Å²) in [7, 11) is 6.27. The second kappa shape index (κ2) is 3.83. The summed E-state index contributed by atoms with van der Waals surface area (Å²) in [4.78, 5) is 4.44. The molecule has 0 radical (unpaired) electrons. The van der Waals surface area contributed by atoms with Gasteiger partial charge in [0.2, 0.25) is 0 Å². The maximum atomic E-state index is 5.81. The standard InChI is InChI=1S/C12H19N3/c1-14(2)10-5-4-9-8-15(3)12(7-13)11(9)6-10/h4-6,12H,7-8,13H2,1-3H3. The van der Waals surface area contributed by atoms with Gasteiger partial charge in [-0.05, 0) is 30.3 Å². The molecule has 3 nitrogen and oxygen atoms in total. The summed E-state index contributed by atoms with van der Waals surface area (Å²) in [6.07, 6.45) is 0. The highest BCUT2D eigenvalue weighted by Gasteiger charge is 2.26. The highest BCUT2D eigenvalue weighted by molar-refractivity contribution is 5.52. The second-order valence-electron chi connectivity index (χ2n) is 4.44. The molecule has 1 aromatic carbocycles. The molecule has 1 aliphatic heterocycles. The minimum atomic E-state index is 0.389. The molecule has 82 valence electrons. The molecule has 0 aromatic heterocycles. The first-order valence-corrected chi connectivity index (χ1v) is 5.34. The van der Waals surface area contributed by atoms with E-state index in [-0.39, 0.29) is 0 Å². The number of anilines is 1. The fourth-order valence-electron chi connectivity index (χ4n) is 2.24. The van der Waals surface area contributed by atoms with Crippen molar-refractivity contribution in [1.82, 2.24) is 4.90 Å². The zero-order valence-corrected chi connectivity index (χ0v) is 9.70. The van der Waals surface area contributed by atoms with E-state index >= 15 is 0 Å². The van der Waals surface area contributed by atoms with E-state index in [9.17, 15) is 0 Å². The summed E-state index contributed by atoms with van der Waals surface area (Å²) in [5, 5.41) is 0. The summed E-state index contributed by atoms with van der Waals surface area (Å²) in [6.45, 7) is 1.71. The SMILES string of the molecule is CN(C)c1ccc2c(c1)C(CN)N(C)C2.